The fraction of sp³-hybridized carbons (Fsp3) is 0.240. The van der Waals surface area contributed by atoms with Crippen molar-refractivity contribution in [2.45, 2.75) is 33.1 Å². The van der Waals surface area contributed by atoms with E-state index in [0.29, 0.717) is 13.2 Å². The number of nitrogens with one attached hydrogen (secondary N) is 1. The standard InChI is InChI=1S/C25H28N4O3/c1-3-19(16-26-2)13-14-29-23-11-9-20(10-12-25(30)28-31)15-22(23)27-24(29)18-32-17-21-7-5-4-6-8-21/h3-12,15-16,31H,13-14,17-18H2,1-2H3,(H,28,30)/b12-10+,19-3-,26-16?. The van der Waals surface area contributed by atoms with Crippen molar-refractivity contribution in [3.05, 3.63) is 83.2 Å². The number of benzene rings is 2. The molecule has 0 bridgehead atoms. The summed E-state index contributed by atoms with van der Waals surface area (Å²) in [7, 11) is 1.77. The van der Waals surface area contributed by atoms with Crippen LogP contribution >= 0.6 is 0 Å². The lowest BCUT2D eigenvalue weighted by Crippen LogP contribution is -2.14. The van der Waals surface area contributed by atoms with Crippen molar-refractivity contribution < 1.29 is 14.7 Å². The summed E-state index contributed by atoms with van der Waals surface area (Å²) in [6.45, 7) is 3.65. The lowest BCUT2D eigenvalue weighted by molar-refractivity contribution is -0.124. The number of carbonyl (C=O) groups excluding carboxylic acids is 1. The highest BCUT2D eigenvalue weighted by molar-refractivity contribution is 5.91. The second kappa shape index (κ2) is 11.7. The Hall–Kier alpha value is -3.55. The molecule has 0 saturated carbocycles. The minimum atomic E-state index is -0.581. The molecule has 7 heteroatoms. The van der Waals surface area contributed by atoms with Gasteiger partial charge in [-0.15, -0.1) is 0 Å². The number of aromatic nitrogens is 2. The largest absolute Gasteiger partial charge is 0.369 e. The molecule has 166 valence electrons. The van der Waals surface area contributed by atoms with Crippen molar-refractivity contribution in [3.8, 4) is 0 Å². The summed E-state index contributed by atoms with van der Waals surface area (Å²) in [5, 5.41) is 8.66. The molecule has 0 fully saturated rings. The summed E-state index contributed by atoms with van der Waals surface area (Å²) < 4.78 is 8.13. The van der Waals surface area contributed by atoms with Gasteiger partial charge in [0, 0.05) is 25.9 Å². The van der Waals surface area contributed by atoms with Gasteiger partial charge in [0.25, 0.3) is 5.91 Å². The molecule has 3 aromatic rings. The molecule has 0 saturated heterocycles. The highest BCUT2D eigenvalue weighted by Crippen LogP contribution is 2.21. The monoisotopic (exact) mass is 432 g/mol. The van der Waals surface area contributed by atoms with Gasteiger partial charge in [0.15, 0.2) is 0 Å². The lowest BCUT2D eigenvalue weighted by Gasteiger charge is -2.10. The Morgan fingerprint density at radius 3 is 2.75 bits per heavy atom. The summed E-state index contributed by atoms with van der Waals surface area (Å²) in [6.07, 6.45) is 7.66. The fourth-order valence-electron chi connectivity index (χ4n) is 3.39. The molecule has 1 aromatic heterocycles. The predicted octanol–water partition coefficient (Wildman–Crippen LogP) is 4.31. The van der Waals surface area contributed by atoms with Crippen LogP contribution in [0.25, 0.3) is 17.1 Å². The van der Waals surface area contributed by atoms with E-state index in [1.54, 1.807) is 18.6 Å². The Labute approximate surface area is 187 Å². The van der Waals surface area contributed by atoms with Crippen molar-refractivity contribution in [2.75, 3.05) is 7.05 Å². The third-order valence-electron chi connectivity index (χ3n) is 5.02. The molecule has 3 rings (SSSR count). The van der Waals surface area contributed by atoms with Crippen molar-refractivity contribution in [1.82, 2.24) is 15.0 Å². The van der Waals surface area contributed by atoms with Gasteiger partial charge in [0.2, 0.25) is 0 Å². The Morgan fingerprint density at radius 2 is 2.03 bits per heavy atom. The van der Waals surface area contributed by atoms with Crippen molar-refractivity contribution >= 4 is 29.2 Å². The van der Waals surface area contributed by atoms with E-state index in [2.05, 4.69) is 15.6 Å². The number of imidazole rings is 1. The molecule has 1 heterocycles. The topological polar surface area (TPSA) is 88.7 Å². The predicted molar refractivity (Wildman–Crippen MR) is 126 cm³/mol. The molecule has 0 unspecified atom stereocenters. The van der Waals surface area contributed by atoms with Crippen LogP contribution in [0.2, 0.25) is 0 Å². The van der Waals surface area contributed by atoms with Gasteiger partial charge in [0.05, 0.1) is 17.6 Å². The highest BCUT2D eigenvalue weighted by Gasteiger charge is 2.12. The Morgan fingerprint density at radius 1 is 1.22 bits per heavy atom. The maximum atomic E-state index is 11.3. The quantitative estimate of drug-likeness (QED) is 0.216. The number of rotatable bonds is 10. The number of aliphatic imine (C=N–C) groups is 1. The zero-order valence-corrected chi connectivity index (χ0v) is 18.4. The molecule has 32 heavy (non-hydrogen) atoms. The van der Waals surface area contributed by atoms with Crippen LogP contribution in [0.15, 0.2) is 71.2 Å². The van der Waals surface area contributed by atoms with E-state index in [1.165, 1.54) is 6.08 Å². The molecule has 1 amide bonds. The second-order valence-electron chi connectivity index (χ2n) is 7.22. The number of hydroxylamine groups is 1. The Kier molecular flexibility index (Phi) is 8.48. The number of hydrogen-bond donors (Lipinski definition) is 2. The molecule has 0 aliphatic carbocycles. The first-order chi connectivity index (χ1) is 15.6. The fourth-order valence-corrected chi connectivity index (χ4v) is 3.39. The van der Waals surface area contributed by atoms with Crippen molar-refractivity contribution in [2.24, 2.45) is 4.99 Å². The molecule has 0 spiro atoms. The summed E-state index contributed by atoms with van der Waals surface area (Å²) in [5.74, 6) is 0.260. The number of allylic oxidation sites excluding steroid dienone is 2. The molecule has 2 aromatic carbocycles. The molecule has 0 atom stereocenters. The molecule has 2 N–H and O–H groups in total. The molecular formula is C25H28N4O3. The molecule has 0 aliphatic heterocycles. The van der Waals surface area contributed by atoms with Crippen LogP contribution in [-0.2, 0) is 29.3 Å². The van der Waals surface area contributed by atoms with E-state index in [4.69, 9.17) is 14.9 Å². The SMILES string of the molecule is C/C=C(\C=NC)CCn1c(COCc2ccccc2)nc2cc(/C=C/C(=O)NO)ccc21. The van der Waals surface area contributed by atoms with E-state index in [0.717, 1.165) is 46.5 Å². The summed E-state index contributed by atoms with van der Waals surface area (Å²) >= 11 is 0. The van der Waals surface area contributed by atoms with Gasteiger partial charge in [-0.1, -0.05) is 42.5 Å². The number of carbonyl (C=O) groups is 1. The van der Waals surface area contributed by atoms with Crippen LogP contribution < -0.4 is 5.48 Å². The molecule has 0 aliphatic rings. The normalized spacial score (nSPS) is 12.3. The van der Waals surface area contributed by atoms with Crippen LogP contribution in [0.3, 0.4) is 0 Å². The van der Waals surface area contributed by atoms with Crippen LogP contribution in [-0.4, -0.2) is 33.9 Å². The van der Waals surface area contributed by atoms with Gasteiger partial charge in [-0.3, -0.25) is 15.0 Å². The maximum absolute atomic E-state index is 11.3. The van der Waals surface area contributed by atoms with Gasteiger partial charge in [-0.05, 0) is 48.3 Å². The second-order valence-corrected chi connectivity index (χ2v) is 7.22. The number of amides is 1. The average Bonchev–Trinajstić information content (AvgIpc) is 3.17. The summed E-state index contributed by atoms with van der Waals surface area (Å²) in [6, 6.07) is 15.9. The van der Waals surface area contributed by atoms with E-state index in [9.17, 15) is 4.79 Å². The first-order valence-electron chi connectivity index (χ1n) is 10.4. The number of hydrogen-bond acceptors (Lipinski definition) is 5. The van der Waals surface area contributed by atoms with E-state index < -0.39 is 5.91 Å². The van der Waals surface area contributed by atoms with E-state index >= 15 is 0 Å². The van der Waals surface area contributed by atoms with Crippen LogP contribution in [0.4, 0.5) is 0 Å². The molecular weight excluding hydrogens is 404 g/mol. The van der Waals surface area contributed by atoms with Gasteiger partial charge in [0.1, 0.15) is 12.4 Å². The van der Waals surface area contributed by atoms with Crippen LogP contribution in [0.5, 0.6) is 0 Å². The third-order valence-corrected chi connectivity index (χ3v) is 5.02. The summed E-state index contributed by atoms with van der Waals surface area (Å²) in [4.78, 5) is 20.2. The van der Waals surface area contributed by atoms with Crippen molar-refractivity contribution in [1.29, 1.82) is 0 Å². The maximum Gasteiger partial charge on any atom is 0.267 e. The van der Waals surface area contributed by atoms with E-state index in [1.807, 2.05) is 61.7 Å². The van der Waals surface area contributed by atoms with Crippen LogP contribution in [0, 0.1) is 0 Å². The van der Waals surface area contributed by atoms with Gasteiger partial charge in [-0.2, -0.15) is 0 Å². The third kappa shape index (κ3) is 6.23. The highest BCUT2D eigenvalue weighted by atomic mass is 16.5. The summed E-state index contributed by atoms with van der Waals surface area (Å²) in [5.41, 5.74) is 6.48. The van der Waals surface area contributed by atoms with Gasteiger partial charge in [-0.25, -0.2) is 10.5 Å². The van der Waals surface area contributed by atoms with Gasteiger partial charge >= 0.3 is 0 Å². The number of aryl methyl sites for hydroxylation is 1. The molecule has 7 nitrogen and oxygen atoms in total. The zero-order valence-electron chi connectivity index (χ0n) is 18.4. The van der Waals surface area contributed by atoms with E-state index in [-0.39, 0.29) is 0 Å². The average molecular weight is 433 g/mol. The Bertz CT molecular complexity index is 1130. The van der Waals surface area contributed by atoms with Gasteiger partial charge < -0.3 is 9.30 Å². The Balaban J connectivity index is 1.85. The van der Waals surface area contributed by atoms with Crippen LogP contribution in [0.1, 0.15) is 30.3 Å². The smallest absolute Gasteiger partial charge is 0.267 e. The number of fused-ring (bicyclic) bond motifs is 1. The zero-order chi connectivity index (χ0) is 22.8. The molecule has 0 radical (unpaired) electrons. The first kappa shape index (κ1) is 23.1. The number of ether oxygens (including phenoxy) is 1. The minimum Gasteiger partial charge on any atom is -0.369 e. The number of nitrogens with zero attached hydrogens (tertiary/aromatic N) is 3. The minimum absolute atomic E-state index is 0.384. The lowest BCUT2D eigenvalue weighted by atomic mass is 10.1. The van der Waals surface area contributed by atoms with Crippen molar-refractivity contribution in [3.63, 3.8) is 0 Å². The first-order valence-corrected chi connectivity index (χ1v) is 10.4.